The topological polar surface area (TPSA) is 66.0 Å². The fraction of sp³-hybridized carbons (Fsp3) is 0.556. The van der Waals surface area contributed by atoms with Gasteiger partial charge in [-0.1, -0.05) is 37.3 Å². The van der Waals surface area contributed by atoms with E-state index in [-0.39, 0.29) is 12.5 Å². The molecule has 1 aromatic rings. The SMILES string of the molecule is CCNC(=NCC(=O)N(C)C)NCC(C)COCc1ccccc1. The van der Waals surface area contributed by atoms with E-state index in [0.717, 1.165) is 13.1 Å². The van der Waals surface area contributed by atoms with Gasteiger partial charge in [0.1, 0.15) is 6.54 Å². The molecule has 6 nitrogen and oxygen atoms in total. The Hall–Kier alpha value is -2.08. The fourth-order valence-electron chi connectivity index (χ4n) is 1.91. The van der Waals surface area contributed by atoms with Crippen molar-refractivity contribution in [2.24, 2.45) is 10.9 Å². The van der Waals surface area contributed by atoms with Crippen LogP contribution in [0.4, 0.5) is 0 Å². The first-order valence-electron chi connectivity index (χ1n) is 8.37. The second kappa shape index (κ2) is 11.5. The molecule has 1 unspecified atom stereocenters. The van der Waals surface area contributed by atoms with Crippen molar-refractivity contribution in [3.05, 3.63) is 35.9 Å². The van der Waals surface area contributed by atoms with Crippen LogP contribution < -0.4 is 10.6 Å². The lowest BCUT2D eigenvalue weighted by Crippen LogP contribution is -2.40. The van der Waals surface area contributed by atoms with Gasteiger partial charge in [-0.2, -0.15) is 0 Å². The van der Waals surface area contributed by atoms with Gasteiger partial charge in [-0.3, -0.25) is 4.79 Å². The third kappa shape index (κ3) is 8.53. The summed E-state index contributed by atoms with van der Waals surface area (Å²) in [6.07, 6.45) is 0. The van der Waals surface area contributed by atoms with Crippen LogP contribution in [0, 0.1) is 5.92 Å². The summed E-state index contributed by atoms with van der Waals surface area (Å²) in [5.41, 5.74) is 1.18. The van der Waals surface area contributed by atoms with Crippen molar-refractivity contribution < 1.29 is 9.53 Å². The highest BCUT2D eigenvalue weighted by atomic mass is 16.5. The summed E-state index contributed by atoms with van der Waals surface area (Å²) in [5.74, 6) is 0.969. The highest BCUT2D eigenvalue weighted by Crippen LogP contribution is 2.02. The van der Waals surface area contributed by atoms with E-state index < -0.39 is 0 Å². The number of carbonyl (C=O) groups is 1. The molecule has 0 aliphatic rings. The monoisotopic (exact) mass is 334 g/mol. The quantitative estimate of drug-likeness (QED) is 0.530. The average Bonchev–Trinajstić information content (AvgIpc) is 2.58. The van der Waals surface area contributed by atoms with Gasteiger partial charge in [-0.05, 0) is 18.4 Å². The highest BCUT2D eigenvalue weighted by Gasteiger charge is 2.06. The first-order chi connectivity index (χ1) is 11.5. The van der Waals surface area contributed by atoms with E-state index in [1.807, 2.05) is 25.1 Å². The van der Waals surface area contributed by atoms with Gasteiger partial charge < -0.3 is 20.3 Å². The van der Waals surface area contributed by atoms with Crippen molar-refractivity contribution in [1.29, 1.82) is 0 Å². The third-order valence-electron chi connectivity index (χ3n) is 3.35. The molecule has 6 heteroatoms. The Morgan fingerprint density at radius 3 is 2.58 bits per heavy atom. The van der Waals surface area contributed by atoms with E-state index in [0.29, 0.717) is 25.1 Å². The average molecular weight is 334 g/mol. The molecule has 2 N–H and O–H groups in total. The lowest BCUT2D eigenvalue weighted by molar-refractivity contribution is -0.127. The number of likely N-dealkylation sites (N-methyl/N-ethyl adjacent to an activating group) is 1. The van der Waals surface area contributed by atoms with Gasteiger partial charge in [0.2, 0.25) is 5.91 Å². The number of hydrogen-bond acceptors (Lipinski definition) is 3. The predicted octanol–water partition coefficient (Wildman–Crippen LogP) is 1.48. The maximum absolute atomic E-state index is 11.6. The molecule has 0 aromatic heterocycles. The largest absolute Gasteiger partial charge is 0.376 e. The zero-order chi connectivity index (χ0) is 17.8. The van der Waals surface area contributed by atoms with Crippen LogP contribution in [0.3, 0.4) is 0 Å². The first kappa shape index (κ1) is 20.0. The van der Waals surface area contributed by atoms with Gasteiger partial charge in [-0.25, -0.2) is 4.99 Å². The number of carbonyl (C=O) groups excluding carboxylic acids is 1. The summed E-state index contributed by atoms with van der Waals surface area (Å²) < 4.78 is 5.74. The number of rotatable bonds is 9. The second-order valence-corrected chi connectivity index (χ2v) is 5.97. The predicted molar refractivity (Wildman–Crippen MR) is 97.9 cm³/mol. The second-order valence-electron chi connectivity index (χ2n) is 5.97. The van der Waals surface area contributed by atoms with E-state index in [1.165, 1.54) is 10.5 Å². The van der Waals surface area contributed by atoms with Crippen molar-refractivity contribution in [3.8, 4) is 0 Å². The number of ether oxygens (including phenoxy) is 1. The van der Waals surface area contributed by atoms with Crippen molar-refractivity contribution >= 4 is 11.9 Å². The van der Waals surface area contributed by atoms with E-state index in [4.69, 9.17) is 4.74 Å². The van der Waals surface area contributed by atoms with Gasteiger partial charge in [0.15, 0.2) is 5.96 Å². The van der Waals surface area contributed by atoms with Crippen molar-refractivity contribution in [1.82, 2.24) is 15.5 Å². The van der Waals surface area contributed by atoms with Gasteiger partial charge in [0, 0.05) is 27.2 Å². The summed E-state index contributed by atoms with van der Waals surface area (Å²) in [6, 6.07) is 10.1. The molecule has 1 atom stereocenters. The van der Waals surface area contributed by atoms with Crippen LogP contribution in [0.1, 0.15) is 19.4 Å². The molecular weight excluding hydrogens is 304 g/mol. The van der Waals surface area contributed by atoms with E-state index in [9.17, 15) is 4.79 Å². The molecule has 0 aliphatic carbocycles. The van der Waals surface area contributed by atoms with Crippen molar-refractivity contribution in [2.75, 3.05) is 40.3 Å². The van der Waals surface area contributed by atoms with Gasteiger partial charge in [-0.15, -0.1) is 0 Å². The van der Waals surface area contributed by atoms with Gasteiger partial charge >= 0.3 is 0 Å². The number of nitrogens with one attached hydrogen (secondary N) is 2. The molecule has 0 saturated heterocycles. The molecule has 1 aromatic carbocycles. The lowest BCUT2D eigenvalue weighted by Gasteiger charge is -2.16. The molecule has 0 spiro atoms. The number of guanidine groups is 1. The molecule has 0 saturated carbocycles. The number of nitrogens with zero attached hydrogens (tertiary/aromatic N) is 2. The fourth-order valence-corrected chi connectivity index (χ4v) is 1.91. The van der Waals surface area contributed by atoms with Gasteiger partial charge in [0.25, 0.3) is 0 Å². The third-order valence-corrected chi connectivity index (χ3v) is 3.35. The Kier molecular flexibility index (Phi) is 9.53. The molecule has 1 amide bonds. The molecule has 0 radical (unpaired) electrons. The summed E-state index contributed by atoms with van der Waals surface area (Å²) >= 11 is 0. The molecule has 134 valence electrons. The van der Waals surface area contributed by atoms with Crippen LogP contribution >= 0.6 is 0 Å². The highest BCUT2D eigenvalue weighted by molar-refractivity contribution is 5.84. The Morgan fingerprint density at radius 2 is 1.96 bits per heavy atom. The minimum absolute atomic E-state index is 0.0218. The minimum Gasteiger partial charge on any atom is -0.376 e. The van der Waals surface area contributed by atoms with E-state index in [1.54, 1.807) is 14.1 Å². The molecule has 0 aliphatic heterocycles. The molecular formula is C18H30N4O2. The van der Waals surface area contributed by atoms with Gasteiger partial charge in [0.05, 0.1) is 13.2 Å². The standard InChI is InChI=1S/C18H30N4O2/c1-5-19-18(21-12-17(23)22(3)4)20-11-15(2)13-24-14-16-9-7-6-8-10-16/h6-10,15H,5,11-14H2,1-4H3,(H2,19,20,21). The van der Waals surface area contributed by atoms with E-state index >= 15 is 0 Å². The zero-order valence-electron chi connectivity index (χ0n) is 15.2. The zero-order valence-corrected chi connectivity index (χ0v) is 15.2. The maximum atomic E-state index is 11.6. The summed E-state index contributed by atoms with van der Waals surface area (Å²) in [6.45, 7) is 7.03. The van der Waals surface area contributed by atoms with E-state index in [2.05, 4.69) is 34.7 Å². The van der Waals surface area contributed by atoms with Crippen LogP contribution in [0.2, 0.25) is 0 Å². The van der Waals surface area contributed by atoms with Crippen molar-refractivity contribution in [2.45, 2.75) is 20.5 Å². The number of amides is 1. The Bertz CT molecular complexity index is 503. The Balaban J connectivity index is 2.31. The summed E-state index contributed by atoms with van der Waals surface area (Å²) in [7, 11) is 3.45. The van der Waals surface area contributed by atoms with Crippen molar-refractivity contribution in [3.63, 3.8) is 0 Å². The Morgan fingerprint density at radius 1 is 1.25 bits per heavy atom. The van der Waals surface area contributed by atoms with Crippen LogP contribution in [-0.4, -0.2) is 57.1 Å². The number of hydrogen-bond donors (Lipinski definition) is 2. The molecule has 24 heavy (non-hydrogen) atoms. The Labute approximate surface area is 145 Å². The summed E-state index contributed by atoms with van der Waals surface area (Å²) in [4.78, 5) is 17.4. The maximum Gasteiger partial charge on any atom is 0.243 e. The summed E-state index contributed by atoms with van der Waals surface area (Å²) in [5, 5.41) is 6.39. The van der Waals surface area contributed by atoms with Crippen LogP contribution in [0.5, 0.6) is 0 Å². The number of benzene rings is 1. The smallest absolute Gasteiger partial charge is 0.243 e. The number of aliphatic imine (C=N–C) groups is 1. The first-order valence-corrected chi connectivity index (χ1v) is 8.37. The molecule has 0 heterocycles. The molecule has 0 fully saturated rings. The normalized spacial score (nSPS) is 12.6. The van der Waals surface area contributed by atoms with Crippen LogP contribution in [0.15, 0.2) is 35.3 Å². The molecule has 1 rings (SSSR count). The lowest BCUT2D eigenvalue weighted by atomic mass is 10.2. The molecule has 0 bridgehead atoms. The van der Waals surface area contributed by atoms with Crippen LogP contribution in [-0.2, 0) is 16.1 Å². The van der Waals surface area contributed by atoms with Crippen LogP contribution in [0.25, 0.3) is 0 Å². The minimum atomic E-state index is -0.0218.